The highest BCUT2D eigenvalue weighted by atomic mass is 79.9. The second-order valence-corrected chi connectivity index (χ2v) is 5.87. The van der Waals surface area contributed by atoms with Crippen molar-refractivity contribution >= 4 is 27.5 Å². The van der Waals surface area contributed by atoms with Gasteiger partial charge in [-0.25, -0.2) is 4.39 Å². The first-order valence-corrected chi connectivity index (χ1v) is 7.04. The monoisotopic (exact) mass is 341 g/mol. The Morgan fingerprint density at radius 2 is 1.74 bits per heavy atom. The summed E-state index contributed by atoms with van der Waals surface area (Å²) in [6, 6.07) is 8.30. The van der Waals surface area contributed by atoms with E-state index < -0.39 is 0 Å². The minimum absolute atomic E-state index is 0.233. The molecule has 19 heavy (non-hydrogen) atoms. The molecule has 0 saturated heterocycles. The summed E-state index contributed by atoms with van der Waals surface area (Å²) in [5, 5.41) is 0.642. The molecule has 0 amide bonds. The van der Waals surface area contributed by atoms with E-state index in [0.717, 1.165) is 26.7 Å². The van der Waals surface area contributed by atoms with Gasteiger partial charge >= 0.3 is 0 Å². The van der Waals surface area contributed by atoms with Gasteiger partial charge < -0.3 is 5.73 Å². The first-order chi connectivity index (χ1) is 8.90. The van der Waals surface area contributed by atoms with Crippen LogP contribution < -0.4 is 5.73 Å². The van der Waals surface area contributed by atoms with Crippen molar-refractivity contribution in [2.75, 3.05) is 0 Å². The zero-order valence-electron chi connectivity index (χ0n) is 10.7. The van der Waals surface area contributed by atoms with Crippen LogP contribution in [-0.4, -0.2) is 0 Å². The summed E-state index contributed by atoms with van der Waals surface area (Å²) >= 11 is 9.37. The van der Waals surface area contributed by atoms with Crippen LogP contribution in [0, 0.1) is 19.7 Å². The molecule has 2 N–H and O–H groups in total. The summed E-state index contributed by atoms with van der Waals surface area (Å²) in [6.45, 7) is 3.74. The standard InChI is InChI=1S/C15H14BrClFN/c1-8-5-11(18)6-9(2)14(8)15(19)10-3-4-13(17)12(16)7-10/h3-7,15H,19H2,1-2H3. The molecule has 1 unspecified atom stereocenters. The predicted octanol–water partition coefficient (Wildman–Crippen LogP) is 4.91. The second-order valence-electron chi connectivity index (χ2n) is 4.60. The summed E-state index contributed by atoms with van der Waals surface area (Å²) < 4.78 is 14.1. The Bertz CT molecular complexity index is 605. The summed E-state index contributed by atoms with van der Waals surface area (Å²) in [4.78, 5) is 0. The highest BCUT2D eigenvalue weighted by molar-refractivity contribution is 9.10. The van der Waals surface area contributed by atoms with Crippen LogP contribution in [0.2, 0.25) is 5.02 Å². The van der Waals surface area contributed by atoms with Crippen LogP contribution in [-0.2, 0) is 0 Å². The maximum absolute atomic E-state index is 13.3. The van der Waals surface area contributed by atoms with Gasteiger partial charge in [-0.2, -0.15) is 0 Å². The van der Waals surface area contributed by atoms with Crippen LogP contribution >= 0.6 is 27.5 Å². The number of hydrogen-bond donors (Lipinski definition) is 1. The van der Waals surface area contributed by atoms with Gasteiger partial charge in [-0.15, -0.1) is 0 Å². The Kier molecular flexibility index (Phi) is 4.29. The normalized spacial score (nSPS) is 12.5. The largest absolute Gasteiger partial charge is 0.320 e. The number of nitrogens with two attached hydrogens (primary N) is 1. The molecule has 0 aromatic heterocycles. The van der Waals surface area contributed by atoms with Gasteiger partial charge in [-0.05, 0) is 76.3 Å². The number of hydrogen-bond acceptors (Lipinski definition) is 1. The lowest BCUT2D eigenvalue weighted by molar-refractivity contribution is 0.623. The zero-order valence-corrected chi connectivity index (χ0v) is 13.0. The van der Waals surface area contributed by atoms with Crippen LogP contribution in [0.3, 0.4) is 0 Å². The molecule has 1 atom stereocenters. The number of aryl methyl sites for hydroxylation is 2. The first kappa shape index (κ1) is 14.5. The molecule has 0 heterocycles. The van der Waals surface area contributed by atoms with Crippen molar-refractivity contribution in [2.45, 2.75) is 19.9 Å². The Labute approximate surface area is 125 Å². The van der Waals surface area contributed by atoms with Crippen LogP contribution in [0.5, 0.6) is 0 Å². The van der Waals surface area contributed by atoms with Crippen molar-refractivity contribution in [3.8, 4) is 0 Å². The Morgan fingerprint density at radius 3 is 2.26 bits per heavy atom. The van der Waals surface area contributed by atoms with Crippen molar-refractivity contribution in [3.63, 3.8) is 0 Å². The van der Waals surface area contributed by atoms with Gasteiger partial charge in [0, 0.05) is 4.47 Å². The summed E-state index contributed by atoms with van der Waals surface area (Å²) in [5.41, 5.74) is 9.91. The maximum Gasteiger partial charge on any atom is 0.123 e. The smallest absolute Gasteiger partial charge is 0.123 e. The Hall–Kier alpha value is -0.900. The van der Waals surface area contributed by atoms with E-state index in [1.807, 2.05) is 26.0 Å². The van der Waals surface area contributed by atoms with Crippen molar-refractivity contribution in [1.29, 1.82) is 0 Å². The fourth-order valence-electron chi connectivity index (χ4n) is 2.28. The van der Waals surface area contributed by atoms with Crippen LogP contribution in [0.15, 0.2) is 34.8 Å². The number of rotatable bonds is 2. The molecule has 2 rings (SSSR count). The van der Waals surface area contributed by atoms with Gasteiger partial charge in [0.25, 0.3) is 0 Å². The van der Waals surface area contributed by atoms with Crippen molar-refractivity contribution < 1.29 is 4.39 Å². The minimum atomic E-state index is -0.297. The Balaban J connectivity index is 2.49. The van der Waals surface area contributed by atoms with Crippen LogP contribution in [0.1, 0.15) is 28.3 Å². The average Bonchev–Trinajstić information content (AvgIpc) is 2.31. The molecule has 2 aromatic carbocycles. The maximum atomic E-state index is 13.3. The molecule has 0 spiro atoms. The first-order valence-electron chi connectivity index (χ1n) is 5.87. The zero-order chi connectivity index (χ0) is 14.2. The van der Waals surface area contributed by atoms with E-state index in [-0.39, 0.29) is 11.9 Å². The van der Waals surface area contributed by atoms with E-state index in [0.29, 0.717) is 5.02 Å². The summed E-state index contributed by atoms with van der Waals surface area (Å²) in [7, 11) is 0. The lowest BCUT2D eigenvalue weighted by atomic mass is 9.92. The fourth-order valence-corrected chi connectivity index (χ4v) is 2.80. The molecule has 4 heteroatoms. The van der Waals surface area contributed by atoms with Gasteiger partial charge in [0.05, 0.1) is 11.1 Å². The molecule has 1 nitrogen and oxygen atoms in total. The van der Waals surface area contributed by atoms with Gasteiger partial charge in [-0.1, -0.05) is 17.7 Å². The van der Waals surface area contributed by atoms with Gasteiger partial charge in [0.1, 0.15) is 5.82 Å². The molecule has 100 valence electrons. The molecular weight excluding hydrogens is 329 g/mol. The second kappa shape index (κ2) is 5.61. The molecule has 0 fully saturated rings. The van der Waals surface area contributed by atoms with Crippen molar-refractivity contribution in [3.05, 3.63) is 67.9 Å². The fraction of sp³-hybridized carbons (Fsp3) is 0.200. The highest BCUT2D eigenvalue weighted by Crippen LogP contribution is 2.31. The summed E-state index contributed by atoms with van der Waals surface area (Å²) in [6.07, 6.45) is 0. The van der Waals surface area contributed by atoms with Crippen molar-refractivity contribution in [1.82, 2.24) is 0 Å². The summed E-state index contributed by atoms with van der Waals surface area (Å²) in [5.74, 6) is -0.233. The van der Waals surface area contributed by atoms with E-state index in [2.05, 4.69) is 15.9 Å². The molecule has 0 bridgehead atoms. The molecular formula is C15H14BrClFN. The van der Waals surface area contributed by atoms with Crippen LogP contribution in [0.25, 0.3) is 0 Å². The van der Waals surface area contributed by atoms with Gasteiger partial charge in [-0.3, -0.25) is 0 Å². The third-order valence-corrected chi connectivity index (χ3v) is 4.39. The average molecular weight is 343 g/mol. The molecule has 0 aliphatic rings. The predicted molar refractivity (Wildman–Crippen MR) is 81.1 cm³/mol. The minimum Gasteiger partial charge on any atom is -0.320 e. The van der Waals surface area contributed by atoms with E-state index in [4.69, 9.17) is 17.3 Å². The molecule has 2 aromatic rings. The quantitative estimate of drug-likeness (QED) is 0.825. The van der Waals surface area contributed by atoms with Crippen molar-refractivity contribution in [2.24, 2.45) is 5.73 Å². The van der Waals surface area contributed by atoms with Gasteiger partial charge in [0.2, 0.25) is 0 Å². The molecule has 0 aliphatic carbocycles. The molecule has 0 aliphatic heterocycles. The Morgan fingerprint density at radius 1 is 1.16 bits per heavy atom. The van der Waals surface area contributed by atoms with Crippen LogP contribution in [0.4, 0.5) is 4.39 Å². The van der Waals surface area contributed by atoms with E-state index >= 15 is 0 Å². The lowest BCUT2D eigenvalue weighted by Gasteiger charge is -2.18. The van der Waals surface area contributed by atoms with Gasteiger partial charge in [0.15, 0.2) is 0 Å². The number of benzene rings is 2. The topological polar surface area (TPSA) is 26.0 Å². The van der Waals surface area contributed by atoms with E-state index in [1.54, 1.807) is 6.07 Å². The van der Waals surface area contributed by atoms with E-state index in [1.165, 1.54) is 12.1 Å². The molecule has 0 radical (unpaired) electrons. The highest BCUT2D eigenvalue weighted by Gasteiger charge is 2.16. The van der Waals surface area contributed by atoms with E-state index in [9.17, 15) is 4.39 Å². The SMILES string of the molecule is Cc1cc(F)cc(C)c1C(N)c1ccc(Cl)c(Br)c1. The third kappa shape index (κ3) is 2.99. The number of halogens is 3. The lowest BCUT2D eigenvalue weighted by Crippen LogP contribution is -2.15. The molecule has 0 saturated carbocycles. The third-order valence-electron chi connectivity index (χ3n) is 3.17.